The van der Waals surface area contributed by atoms with E-state index in [9.17, 15) is 14.5 Å². The Labute approximate surface area is 67.4 Å². The van der Waals surface area contributed by atoms with Crippen molar-refractivity contribution >= 4 is 5.69 Å². The monoisotopic (exact) mass is 170 g/mol. The van der Waals surface area contributed by atoms with Crippen molar-refractivity contribution in [3.8, 4) is 0 Å². The van der Waals surface area contributed by atoms with Gasteiger partial charge in [0.05, 0.1) is 10.5 Å². The largest absolute Gasteiger partial charge is 0.385 e. The zero-order valence-electron chi connectivity index (χ0n) is 5.90. The molecule has 4 nitrogen and oxygen atoms in total. The highest BCUT2D eigenvalue weighted by Gasteiger charge is 2.12. The first-order chi connectivity index (χ1) is 5.65. The fourth-order valence-corrected chi connectivity index (χ4v) is 0.795. The third-order valence-corrected chi connectivity index (χ3v) is 1.33. The molecule has 0 bridgehead atoms. The molecule has 0 amide bonds. The lowest BCUT2D eigenvalue weighted by atomic mass is 10.2. The van der Waals surface area contributed by atoms with Crippen LogP contribution in [0.3, 0.4) is 0 Å². The van der Waals surface area contributed by atoms with Gasteiger partial charge in [0.25, 0.3) is 5.69 Å². The van der Waals surface area contributed by atoms with Crippen LogP contribution in [-0.2, 0) is 0 Å². The fraction of sp³-hybridized carbons (Fsp3) is 0. The van der Waals surface area contributed by atoms with Crippen molar-refractivity contribution in [2.45, 2.75) is 0 Å². The van der Waals surface area contributed by atoms with E-state index in [2.05, 4.69) is 0 Å². The first-order valence-corrected chi connectivity index (χ1v) is 3.06. The van der Waals surface area contributed by atoms with E-state index in [1.807, 2.05) is 0 Å². The van der Waals surface area contributed by atoms with Gasteiger partial charge in [-0.1, -0.05) is 0 Å². The molecule has 1 aromatic rings. The Morgan fingerprint density at radius 1 is 1.58 bits per heavy atom. The number of aliphatic hydroxyl groups is 1. The second-order valence-corrected chi connectivity index (χ2v) is 2.09. The number of hydrogen-bond acceptors (Lipinski definition) is 3. The lowest BCUT2D eigenvalue weighted by Gasteiger charge is -1.97. The Bertz CT molecular complexity index is 314. The molecule has 1 rings (SSSR count). The summed E-state index contributed by atoms with van der Waals surface area (Å²) in [6.07, 6.45) is 0. The van der Waals surface area contributed by atoms with Crippen LogP contribution in [0, 0.1) is 22.5 Å². The van der Waals surface area contributed by atoms with E-state index in [-0.39, 0.29) is 11.3 Å². The van der Waals surface area contributed by atoms with E-state index < -0.39 is 10.7 Å². The van der Waals surface area contributed by atoms with Gasteiger partial charge in [0.15, 0.2) is 0 Å². The lowest BCUT2D eigenvalue weighted by Crippen LogP contribution is -1.94. The fourth-order valence-electron chi connectivity index (χ4n) is 0.795. The van der Waals surface area contributed by atoms with E-state index in [0.29, 0.717) is 6.61 Å². The Morgan fingerprint density at radius 2 is 2.25 bits per heavy atom. The summed E-state index contributed by atoms with van der Waals surface area (Å²) in [6.45, 7) is 0.501. The van der Waals surface area contributed by atoms with Crippen LogP contribution < -0.4 is 0 Å². The standard InChI is InChI=1S/C7H5FNO3/c8-6-1-2-7(9(11)12)5(3-6)4-10/h1-4,10H. The van der Waals surface area contributed by atoms with Crippen molar-refractivity contribution in [2.24, 2.45) is 0 Å². The van der Waals surface area contributed by atoms with Crippen LogP contribution in [-0.4, -0.2) is 10.0 Å². The number of halogens is 1. The van der Waals surface area contributed by atoms with E-state index in [0.717, 1.165) is 18.2 Å². The Kier molecular flexibility index (Phi) is 2.35. The van der Waals surface area contributed by atoms with Crippen molar-refractivity contribution in [2.75, 3.05) is 0 Å². The van der Waals surface area contributed by atoms with Gasteiger partial charge < -0.3 is 5.11 Å². The van der Waals surface area contributed by atoms with Gasteiger partial charge in [-0.15, -0.1) is 0 Å². The van der Waals surface area contributed by atoms with Crippen LogP contribution in [0.15, 0.2) is 18.2 Å². The highest BCUT2D eigenvalue weighted by molar-refractivity contribution is 5.43. The molecule has 0 aliphatic heterocycles. The molecule has 1 radical (unpaired) electrons. The highest BCUT2D eigenvalue weighted by Crippen LogP contribution is 2.19. The molecule has 0 aliphatic carbocycles. The van der Waals surface area contributed by atoms with Crippen LogP contribution in [0.1, 0.15) is 5.56 Å². The maximum Gasteiger partial charge on any atom is 0.275 e. The maximum absolute atomic E-state index is 12.4. The molecule has 63 valence electrons. The molecule has 0 unspecified atom stereocenters. The van der Waals surface area contributed by atoms with Gasteiger partial charge in [-0.3, -0.25) is 10.1 Å². The van der Waals surface area contributed by atoms with Gasteiger partial charge in [0.2, 0.25) is 0 Å². The number of aliphatic hydroxyl groups excluding tert-OH is 1. The van der Waals surface area contributed by atoms with Crippen LogP contribution in [0.4, 0.5) is 10.1 Å². The first kappa shape index (κ1) is 8.61. The predicted octanol–water partition coefficient (Wildman–Crippen LogP) is 1.62. The minimum atomic E-state index is -0.693. The van der Waals surface area contributed by atoms with Crippen LogP contribution in [0.25, 0.3) is 0 Å². The van der Waals surface area contributed by atoms with E-state index in [4.69, 9.17) is 5.11 Å². The maximum atomic E-state index is 12.4. The summed E-state index contributed by atoms with van der Waals surface area (Å²) in [6, 6.07) is 2.85. The molecule has 1 N–H and O–H groups in total. The molecule has 12 heavy (non-hydrogen) atoms. The van der Waals surface area contributed by atoms with Crippen molar-refractivity contribution in [1.29, 1.82) is 0 Å². The summed E-state index contributed by atoms with van der Waals surface area (Å²) in [4.78, 5) is 9.55. The van der Waals surface area contributed by atoms with E-state index >= 15 is 0 Å². The molecule has 5 heteroatoms. The van der Waals surface area contributed by atoms with Gasteiger partial charge in [0.1, 0.15) is 12.4 Å². The smallest absolute Gasteiger partial charge is 0.275 e. The number of rotatable bonds is 2. The quantitative estimate of drug-likeness (QED) is 0.541. The van der Waals surface area contributed by atoms with Gasteiger partial charge in [-0.2, -0.15) is 0 Å². The highest BCUT2D eigenvalue weighted by atomic mass is 19.1. The summed E-state index contributed by atoms with van der Waals surface area (Å²) in [5, 5.41) is 18.7. The average Bonchev–Trinajstić information content (AvgIpc) is 2.03. The van der Waals surface area contributed by atoms with Gasteiger partial charge in [-0.05, 0) is 12.1 Å². The normalized spacial score (nSPS) is 9.83. The number of hydrogen-bond donors (Lipinski definition) is 1. The molecular weight excluding hydrogens is 165 g/mol. The molecule has 0 atom stereocenters. The molecular formula is C7H5FNO3. The van der Waals surface area contributed by atoms with Crippen molar-refractivity contribution in [1.82, 2.24) is 0 Å². The summed E-state index contributed by atoms with van der Waals surface area (Å²) in [5.74, 6) is -0.624. The minimum Gasteiger partial charge on any atom is -0.385 e. The summed E-state index contributed by atoms with van der Waals surface area (Å²) >= 11 is 0. The molecule has 1 aromatic carbocycles. The van der Waals surface area contributed by atoms with Crippen molar-refractivity contribution in [3.63, 3.8) is 0 Å². The number of nitro groups is 1. The Morgan fingerprint density at radius 3 is 2.75 bits per heavy atom. The third kappa shape index (κ3) is 1.57. The Balaban J connectivity index is 3.20. The van der Waals surface area contributed by atoms with E-state index in [1.165, 1.54) is 0 Å². The van der Waals surface area contributed by atoms with Crippen molar-refractivity contribution in [3.05, 3.63) is 46.3 Å². The molecule has 0 heterocycles. The second-order valence-electron chi connectivity index (χ2n) is 2.09. The summed E-state index contributed by atoms with van der Waals surface area (Å²) in [5.41, 5.74) is -0.459. The molecule has 0 aromatic heterocycles. The molecule has 0 spiro atoms. The topological polar surface area (TPSA) is 63.4 Å². The average molecular weight is 170 g/mol. The molecule has 0 fully saturated rings. The van der Waals surface area contributed by atoms with Crippen LogP contribution in [0.2, 0.25) is 0 Å². The summed E-state index contributed by atoms with van der Waals surface area (Å²) < 4.78 is 12.4. The molecule has 0 saturated heterocycles. The van der Waals surface area contributed by atoms with Crippen LogP contribution >= 0.6 is 0 Å². The summed E-state index contributed by atoms with van der Waals surface area (Å²) in [7, 11) is 0. The zero-order chi connectivity index (χ0) is 9.14. The van der Waals surface area contributed by atoms with Gasteiger partial charge in [0, 0.05) is 6.07 Å². The minimum absolute atomic E-state index is 0.139. The number of nitrogens with zero attached hydrogens (tertiary/aromatic N) is 1. The van der Waals surface area contributed by atoms with Gasteiger partial charge >= 0.3 is 0 Å². The predicted molar refractivity (Wildman–Crippen MR) is 38.4 cm³/mol. The number of nitro benzene ring substituents is 1. The second kappa shape index (κ2) is 3.27. The third-order valence-electron chi connectivity index (χ3n) is 1.33. The molecule has 0 aliphatic rings. The van der Waals surface area contributed by atoms with Crippen molar-refractivity contribution < 1.29 is 14.4 Å². The first-order valence-electron chi connectivity index (χ1n) is 3.06. The van der Waals surface area contributed by atoms with Crippen LogP contribution in [0.5, 0.6) is 0 Å². The lowest BCUT2D eigenvalue weighted by molar-refractivity contribution is -0.385. The zero-order valence-corrected chi connectivity index (χ0v) is 5.90. The molecule has 0 saturated carbocycles. The Hall–Kier alpha value is -1.49. The van der Waals surface area contributed by atoms with E-state index in [1.54, 1.807) is 0 Å². The van der Waals surface area contributed by atoms with Gasteiger partial charge in [-0.25, -0.2) is 4.39 Å². The SMILES string of the molecule is O=[N+]([O-])c1ccc(F)cc1[CH]O. The number of benzene rings is 1.